The normalized spacial score (nSPS) is 20.8. The van der Waals surface area contributed by atoms with Gasteiger partial charge in [-0.2, -0.15) is 0 Å². The van der Waals surface area contributed by atoms with Crippen LogP contribution in [0, 0.1) is 6.92 Å². The van der Waals surface area contributed by atoms with Gasteiger partial charge >= 0.3 is 0 Å². The van der Waals surface area contributed by atoms with Crippen LogP contribution in [0.15, 0.2) is 6.07 Å². The van der Waals surface area contributed by atoms with E-state index in [-0.39, 0.29) is 6.04 Å². The third-order valence-electron chi connectivity index (χ3n) is 2.96. The summed E-state index contributed by atoms with van der Waals surface area (Å²) >= 11 is 0. The van der Waals surface area contributed by atoms with Crippen LogP contribution in [0.1, 0.15) is 37.6 Å². The third-order valence-corrected chi connectivity index (χ3v) is 2.96. The van der Waals surface area contributed by atoms with Gasteiger partial charge in [0.05, 0.1) is 0 Å². The molecule has 0 aliphatic carbocycles. The number of aryl methyl sites for hydroxylation is 1. The predicted octanol–water partition coefficient (Wildman–Crippen LogP) is 1.45. The number of aromatic nitrogens is 2. The van der Waals surface area contributed by atoms with Gasteiger partial charge in [0.2, 0.25) is 5.95 Å². The first-order valence-corrected chi connectivity index (χ1v) is 5.92. The third kappa shape index (κ3) is 2.32. The summed E-state index contributed by atoms with van der Waals surface area (Å²) in [5.41, 5.74) is 8.05. The number of hydrogen-bond donors (Lipinski definition) is 1. The van der Waals surface area contributed by atoms with Crippen molar-refractivity contribution in [3.63, 3.8) is 0 Å². The molecule has 1 saturated heterocycles. The molecule has 2 heterocycles. The van der Waals surface area contributed by atoms with Gasteiger partial charge in [-0.25, -0.2) is 9.97 Å². The van der Waals surface area contributed by atoms with E-state index < -0.39 is 0 Å². The lowest BCUT2D eigenvalue weighted by Crippen LogP contribution is -2.28. The predicted molar refractivity (Wildman–Crippen MR) is 65.7 cm³/mol. The summed E-state index contributed by atoms with van der Waals surface area (Å²) in [5, 5.41) is 0. The van der Waals surface area contributed by atoms with E-state index in [0.717, 1.165) is 36.8 Å². The Morgan fingerprint density at radius 3 is 2.75 bits per heavy atom. The standard InChI is InChI=1S/C12H20N4/c1-8(2)11-6-9(3)14-12(15-11)16-5-4-10(13)7-16/h6,8,10H,4-5,7,13H2,1-3H3. The van der Waals surface area contributed by atoms with Crippen LogP contribution in [-0.4, -0.2) is 29.1 Å². The fraction of sp³-hybridized carbons (Fsp3) is 0.667. The van der Waals surface area contributed by atoms with E-state index >= 15 is 0 Å². The molecule has 2 N–H and O–H groups in total. The Balaban J connectivity index is 2.27. The second-order valence-corrected chi connectivity index (χ2v) is 4.88. The van der Waals surface area contributed by atoms with Gasteiger partial charge in [0.15, 0.2) is 0 Å². The fourth-order valence-corrected chi connectivity index (χ4v) is 1.98. The highest BCUT2D eigenvalue weighted by Crippen LogP contribution is 2.19. The monoisotopic (exact) mass is 220 g/mol. The van der Waals surface area contributed by atoms with E-state index in [4.69, 9.17) is 5.73 Å². The lowest BCUT2D eigenvalue weighted by molar-refractivity contribution is 0.747. The highest BCUT2D eigenvalue weighted by Gasteiger charge is 2.22. The zero-order chi connectivity index (χ0) is 11.7. The summed E-state index contributed by atoms with van der Waals surface area (Å²) in [7, 11) is 0. The number of nitrogens with two attached hydrogens (primary N) is 1. The van der Waals surface area contributed by atoms with Crippen molar-refractivity contribution in [2.75, 3.05) is 18.0 Å². The number of rotatable bonds is 2. The minimum Gasteiger partial charge on any atom is -0.339 e. The zero-order valence-corrected chi connectivity index (χ0v) is 10.3. The molecule has 88 valence electrons. The SMILES string of the molecule is Cc1cc(C(C)C)nc(N2CCC(N)C2)n1. The first kappa shape index (κ1) is 11.3. The van der Waals surface area contributed by atoms with Crippen LogP contribution in [0.5, 0.6) is 0 Å². The Bertz CT molecular complexity index is 375. The molecule has 0 bridgehead atoms. The highest BCUT2D eigenvalue weighted by atomic mass is 15.3. The van der Waals surface area contributed by atoms with Gasteiger partial charge in [0.25, 0.3) is 0 Å². The second-order valence-electron chi connectivity index (χ2n) is 4.88. The smallest absolute Gasteiger partial charge is 0.225 e. The molecule has 16 heavy (non-hydrogen) atoms. The zero-order valence-electron chi connectivity index (χ0n) is 10.3. The fourth-order valence-electron chi connectivity index (χ4n) is 1.98. The van der Waals surface area contributed by atoms with Crippen molar-refractivity contribution in [1.82, 2.24) is 9.97 Å². The van der Waals surface area contributed by atoms with E-state index in [1.807, 2.05) is 6.92 Å². The van der Waals surface area contributed by atoms with Crippen molar-refractivity contribution in [3.05, 3.63) is 17.5 Å². The molecular weight excluding hydrogens is 200 g/mol. The number of hydrogen-bond acceptors (Lipinski definition) is 4. The van der Waals surface area contributed by atoms with Crippen molar-refractivity contribution in [3.8, 4) is 0 Å². The second kappa shape index (κ2) is 4.37. The summed E-state index contributed by atoms with van der Waals surface area (Å²) in [4.78, 5) is 11.3. The summed E-state index contributed by atoms with van der Waals surface area (Å²) in [5.74, 6) is 1.29. The number of anilines is 1. The van der Waals surface area contributed by atoms with E-state index in [1.165, 1.54) is 0 Å². The molecule has 1 atom stereocenters. The van der Waals surface area contributed by atoms with Gasteiger partial charge in [-0.1, -0.05) is 13.8 Å². The molecule has 1 aliphatic rings. The van der Waals surface area contributed by atoms with Crippen LogP contribution in [0.25, 0.3) is 0 Å². The highest BCUT2D eigenvalue weighted by molar-refractivity contribution is 5.35. The lowest BCUT2D eigenvalue weighted by Gasteiger charge is -2.17. The molecule has 0 spiro atoms. The topological polar surface area (TPSA) is 55.0 Å². The van der Waals surface area contributed by atoms with Gasteiger partial charge in [0.1, 0.15) is 0 Å². The van der Waals surface area contributed by atoms with Gasteiger partial charge in [-0.05, 0) is 25.3 Å². The summed E-state index contributed by atoms with van der Waals surface area (Å²) in [6.45, 7) is 8.18. The molecule has 0 amide bonds. The average Bonchev–Trinajstić information content (AvgIpc) is 2.64. The van der Waals surface area contributed by atoms with E-state index in [0.29, 0.717) is 5.92 Å². The van der Waals surface area contributed by atoms with E-state index in [1.54, 1.807) is 0 Å². The van der Waals surface area contributed by atoms with Crippen LogP contribution < -0.4 is 10.6 Å². The Kier molecular flexibility index (Phi) is 3.10. The van der Waals surface area contributed by atoms with Gasteiger partial charge in [-0.3, -0.25) is 0 Å². The molecule has 0 saturated carbocycles. The molecular formula is C12H20N4. The molecule has 1 aliphatic heterocycles. The minimum absolute atomic E-state index is 0.270. The molecule has 4 heteroatoms. The van der Waals surface area contributed by atoms with Crippen LogP contribution in [-0.2, 0) is 0 Å². The molecule has 1 fully saturated rings. The average molecular weight is 220 g/mol. The molecule has 0 aromatic carbocycles. The van der Waals surface area contributed by atoms with E-state index in [2.05, 4.69) is 34.8 Å². The van der Waals surface area contributed by atoms with Crippen molar-refractivity contribution in [2.45, 2.75) is 39.2 Å². The Labute approximate surface area is 96.9 Å². The van der Waals surface area contributed by atoms with Crippen molar-refractivity contribution in [1.29, 1.82) is 0 Å². The first-order chi connectivity index (χ1) is 7.56. The number of nitrogens with zero attached hydrogens (tertiary/aromatic N) is 3. The molecule has 1 unspecified atom stereocenters. The molecule has 1 aromatic rings. The largest absolute Gasteiger partial charge is 0.339 e. The maximum Gasteiger partial charge on any atom is 0.225 e. The first-order valence-electron chi connectivity index (χ1n) is 5.92. The van der Waals surface area contributed by atoms with Crippen molar-refractivity contribution in [2.24, 2.45) is 5.73 Å². The summed E-state index contributed by atoms with van der Waals surface area (Å²) in [6, 6.07) is 2.33. The Morgan fingerprint density at radius 2 is 2.19 bits per heavy atom. The maximum absolute atomic E-state index is 5.90. The molecule has 4 nitrogen and oxygen atoms in total. The molecule has 0 radical (unpaired) electrons. The quantitative estimate of drug-likeness (QED) is 0.819. The Hall–Kier alpha value is -1.16. The van der Waals surface area contributed by atoms with E-state index in [9.17, 15) is 0 Å². The van der Waals surface area contributed by atoms with Crippen molar-refractivity contribution < 1.29 is 0 Å². The summed E-state index contributed by atoms with van der Waals surface area (Å²) < 4.78 is 0. The molecule has 1 aromatic heterocycles. The minimum atomic E-state index is 0.270. The van der Waals surface area contributed by atoms with Crippen LogP contribution in [0.3, 0.4) is 0 Å². The van der Waals surface area contributed by atoms with Crippen LogP contribution in [0.2, 0.25) is 0 Å². The summed E-state index contributed by atoms with van der Waals surface area (Å²) in [6.07, 6.45) is 1.04. The van der Waals surface area contributed by atoms with Gasteiger partial charge in [-0.15, -0.1) is 0 Å². The maximum atomic E-state index is 5.90. The lowest BCUT2D eigenvalue weighted by atomic mass is 10.1. The van der Waals surface area contributed by atoms with Crippen LogP contribution >= 0.6 is 0 Å². The van der Waals surface area contributed by atoms with Gasteiger partial charge in [0, 0.05) is 30.5 Å². The van der Waals surface area contributed by atoms with Crippen molar-refractivity contribution >= 4 is 5.95 Å². The Morgan fingerprint density at radius 1 is 1.44 bits per heavy atom. The molecule has 2 rings (SSSR count). The van der Waals surface area contributed by atoms with Gasteiger partial charge < -0.3 is 10.6 Å². The van der Waals surface area contributed by atoms with Crippen LogP contribution in [0.4, 0.5) is 5.95 Å².